The lowest BCUT2D eigenvalue weighted by molar-refractivity contribution is -0.145. The fraction of sp³-hybridized carbons (Fsp3) is 0.556. The van der Waals surface area contributed by atoms with E-state index in [1.165, 1.54) is 19.1 Å². The number of likely N-dealkylation sites (tertiary alicyclic amines) is 1. The van der Waals surface area contributed by atoms with E-state index in [2.05, 4.69) is 0 Å². The molecule has 0 spiro atoms. The number of esters is 1. The number of amides is 1. The van der Waals surface area contributed by atoms with Crippen LogP contribution in [0.15, 0.2) is 12.1 Å². The molecule has 0 N–H and O–H groups in total. The van der Waals surface area contributed by atoms with Gasteiger partial charge >= 0.3 is 12.1 Å². The molecule has 0 bridgehead atoms. The second kappa shape index (κ2) is 7.92. The van der Waals surface area contributed by atoms with Gasteiger partial charge in [0.05, 0.1) is 24.3 Å². The minimum atomic E-state index is -0.737. The number of halogens is 2. The Bertz CT molecular complexity index is 702. The minimum Gasteiger partial charge on any atom is -0.496 e. The Balaban J connectivity index is 2.35. The zero-order chi connectivity index (χ0) is 19.6. The molecular formula is C18H23Cl2NO5. The van der Waals surface area contributed by atoms with Gasteiger partial charge in [0, 0.05) is 24.1 Å². The summed E-state index contributed by atoms with van der Waals surface area (Å²) in [6, 6.07) is 2.60. The van der Waals surface area contributed by atoms with Crippen molar-refractivity contribution in [2.24, 2.45) is 0 Å². The van der Waals surface area contributed by atoms with Crippen LogP contribution in [0, 0.1) is 0 Å². The molecule has 1 fully saturated rings. The molecule has 2 rings (SSSR count). The van der Waals surface area contributed by atoms with Crippen molar-refractivity contribution in [2.75, 3.05) is 20.8 Å². The number of hydrogen-bond acceptors (Lipinski definition) is 5. The molecule has 0 radical (unpaired) electrons. The molecule has 0 aromatic heterocycles. The summed E-state index contributed by atoms with van der Waals surface area (Å²) in [6.45, 7) is 5.60. The van der Waals surface area contributed by atoms with Gasteiger partial charge < -0.3 is 14.2 Å². The number of carbonyl (C=O) groups is 2. The number of rotatable bonds is 3. The molecule has 144 valence electrons. The van der Waals surface area contributed by atoms with Gasteiger partial charge in [-0.1, -0.05) is 23.2 Å². The molecular weight excluding hydrogens is 381 g/mol. The highest BCUT2D eigenvalue weighted by Gasteiger charge is 2.43. The van der Waals surface area contributed by atoms with Crippen molar-refractivity contribution in [3.63, 3.8) is 0 Å². The van der Waals surface area contributed by atoms with Gasteiger partial charge in [0.1, 0.15) is 17.4 Å². The third-order valence-electron chi connectivity index (χ3n) is 4.11. The Labute approximate surface area is 163 Å². The van der Waals surface area contributed by atoms with Crippen LogP contribution < -0.4 is 4.74 Å². The van der Waals surface area contributed by atoms with Crippen molar-refractivity contribution < 1.29 is 23.8 Å². The molecule has 1 aromatic rings. The van der Waals surface area contributed by atoms with Crippen LogP contribution in [0.3, 0.4) is 0 Å². The van der Waals surface area contributed by atoms with Crippen molar-refractivity contribution >= 4 is 35.3 Å². The van der Waals surface area contributed by atoms with E-state index >= 15 is 0 Å². The lowest BCUT2D eigenvalue weighted by Gasteiger charge is -2.27. The monoisotopic (exact) mass is 403 g/mol. The summed E-state index contributed by atoms with van der Waals surface area (Å²) in [5, 5.41) is 0.756. The molecule has 0 saturated carbocycles. The van der Waals surface area contributed by atoms with Crippen LogP contribution in [0.5, 0.6) is 5.75 Å². The summed E-state index contributed by atoms with van der Waals surface area (Å²) in [5.74, 6) is -0.104. The number of hydrogen-bond donors (Lipinski definition) is 0. The average Bonchev–Trinajstić information content (AvgIpc) is 3.00. The smallest absolute Gasteiger partial charge is 0.411 e. The predicted molar refractivity (Wildman–Crippen MR) is 99.1 cm³/mol. The first kappa shape index (κ1) is 20.6. The molecule has 1 aromatic carbocycles. The molecule has 2 unspecified atom stereocenters. The van der Waals surface area contributed by atoms with Crippen LogP contribution in [0.2, 0.25) is 10.0 Å². The lowest BCUT2D eigenvalue weighted by Crippen LogP contribution is -2.43. The molecule has 0 aliphatic carbocycles. The van der Waals surface area contributed by atoms with E-state index in [1.807, 2.05) is 0 Å². The fourth-order valence-corrected chi connectivity index (χ4v) is 3.31. The molecule has 1 aliphatic rings. The topological polar surface area (TPSA) is 65.1 Å². The number of carbonyl (C=O) groups excluding carboxylic acids is 2. The van der Waals surface area contributed by atoms with Crippen LogP contribution in [0.1, 0.15) is 38.7 Å². The highest BCUT2D eigenvalue weighted by Crippen LogP contribution is 2.41. The molecule has 8 heteroatoms. The fourth-order valence-electron chi connectivity index (χ4n) is 2.98. The van der Waals surface area contributed by atoms with Gasteiger partial charge in [0.15, 0.2) is 0 Å². The van der Waals surface area contributed by atoms with Gasteiger partial charge in [-0.25, -0.2) is 9.59 Å². The highest BCUT2D eigenvalue weighted by atomic mass is 35.5. The van der Waals surface area contributed by atoms with Crippen molar-refractivity contribution in [2.45, 2.75) is 44.8 Å². The molecule has 2 atom stereocenters. The van der Waals surface area contributed by atoms with Gasteiger partial charge in [-0.2, -0.15) is 0 Å². The van der Waals surface area contributed by atoms with Crippen LogP contribution in [0.25, 0.3) is 0 Å². The van der Waals surface area contributed by atoms with Crippen LogP contribution >= 0.6 is 23.2 Å². The summed E-state index contributed by atoms with van der Waals surface area (Å²) in [6.07, 6.45) is -0.185. The Kier molecular flexibility index (Phi) is 6.29. The van der Waals surface area contributed by atoms with E-state index < -0.39 is 23.7 Å². The predicted octanol–water partition coefficient (Wildman–Crippen LogP) is 4.27. The summed E-state index contributed by atoms with van der Waals surface area (Å²) < 4.78 is 15.7. The van der Waals surface area contributed by atoms with E-state index in [1.54, 1.807) is 32.9 Å². The van der Waals surface area contributed by atoms with Crippen molar-refractivity contribution in [1.82, 2.24) is 4.90 Å². The van der Waals surface area contributed by atoms with Gasteiger partial charge in [-0.3, -0.25) is 4.90 Å². The lowest BCUT2D eigenvalue weighted by atomic mass is 9.95. The van der Waals surface area contributed by atoms with E-state index in [0.717, 1.165) is 5.56 Å². The minimum absolute atomic E-state index is 0.170. The summed E-state index contributed by atoms with van der Waals surface area (Å²) in [4.78, 5) is 26.2. The standard InChI is InChI=1S/C18H23Cl2NO5/c1-18(2,3)26-17(23)21-9-10(6-14(21)16(22)25-5)11-7-12(19)13(20)8-15(11)24-4/h7-8,10,14H,6,9H2,1-5H3. The molecule has 1 aliphatic heterocycles. The maximum Gasteiger partial charge on any atom is 0.411 e. The second-order valence-electron chi connectivity index (χ2n) is 7.11. The third-order valence-corrected chi connectivity index (χ3v) is 4.84. The normalized spacial score (nSPS) is 20.0. The largest absolute Gasteiger partial charge is 0.496 e. The SMILES string of the molecule is COC(=O)C1CC(c2cc(Cl)c(Cl)cc2OC)CN1C(=O)OC(C)(C)C. The maximum absolute atomic E-state index is 12.6. The second-order valence-corrected chi connectivity index (χ2v) is 7.93. The van der Waals surface area contributed by atoms with E-state index in [4.69, 9.17) is 37.4 Å². The summed E-state index contributed by atoms with van der Waals surface area (Å²) in [5.41, 5.74) is 0.110. The van der Waals surface area contributed by atoms with Crippen LogP contribution in [-0.2, 0) is 14.3 Å². The highest BCUT2D eigenvalue weighted by molar-refractivity contribution is 6.42. The number of benzene rings is 1. The maximum atomic E-state index is 12.6. The Morgan fingerprint density at radius 2 is 1.77 bits per heavy atom. The van der Waals surface area contributed by atoms with Gasteiger partial charge in [0.25, 0.3) is 0 Å². The van der Waals surface area contributed by atoms with E-state index in [-0.39, 0.29) is 12.5 Å². The Hall–Kier alpha value is -1.66. The van der Waals surface area contributed by atoms with Crippen molar-refractivity contribution in [3.8, 4) is 5.75 Å². The van der Waals surface area contributed by atoms with E-state index in [0.29, 0.717) is 22.2 Å². The molecule has 6 nitrogen and oxygen atoms in total. The van der Waals surface area contributed by atoms with Gasteiger partial charge in [-0.15, -0.1) is 0 Å². The summed E-state index contributed by atoms with van der Waals surface area (Å²) >= 11 is 12.2. The van der Waals surface area contributed by atoms with Gasteiger partial charge in [0.2, 0.25) is 0 Å². The first-order valence-electron chi connectivity index (χ1n) is 8.17. The zero-order valence-corrected chi connectivity index (χ0v) is 17.0. The number of nitrogens with zero attached hydrogens (tertiary/aromatic N) is 1. The van der Waals surface area contributed by atoms with Crippen molar-refractivity contribution in [3.05, 3.63) is 27.7 Å². The molecule has 1 heterocycles. The van der Waals surface area contributed by atoms with Gasteiger partial charge in [-0.05, 0) is 33.3 Å². The summed E-state index contributed by atoms with van der Waals surface area (Å²) in [7, 11) is 2.82. The quantitative estimate of drug-likeness (QED) is 0.704. The first-order valence-corrected chi connectivity index (χ1v) is 8.93. The van der Waals surface area contributed by atoms with Crippen LogP contribution in [0.4, 0.5) is 4.79 Å². The average molecular weight is 404 g/mol. The zero-order valence-electron chi connectivity index (χ0n) is 15.5. The number of methoxy groups -OCH3 is 2. The molecule has 26 heavy (non-hydrogen) atoms. The third kappa shape index (κ3) is 4.54. The number of ether oxygens (including phenoxy) is 3. The Morgan fingerprint density at radius 1 is 1.15 bits per heavy atom. The Morgan fingerprint density at radius 3 is 2.31 bits per heavy atom. The van der Waals surface area contributed by atoms with Crippen molar-refractivity contribution in [1.29, 1.82) is 0 Å². The molecule has 1 amide bonds. The first-order chi connectivity index (χ1) is 12.1. The van der Waals surface area contributed by atoms with Crippen LogP contribution in [-0.4, -0.2) is 49.4 Å². The van der Waals surface area contributed by atoms with E-state index in [9.17, 15) is 9.59 Å². The molecule has 1 saturated heterocycles.